The molecule has 0 aromatic heterocycles. The zero-order valence-electron chi connectivity index (χ0n) is 8.45. The van der Waals surface area contributed by atoms with Crippen LogP contribution in [0.5, 0.6) is 5.75 Å². The van der Waals surface area contributed by atoms with E-state index in [1.165, 1.54) is 12.1 Å². The Labute approximate surface area is 92.6 Å². The van der Waals surface area contributed by atoms with Crippen LogP contribution in [0.1, 0.15) is 24.2 Å². The summed E-state index contributed by atoms with van der Waals surface area (Å²) in [5.74, 6) is -0.855. The van der Waals surface area contributed by atoms with Crippen molar-refractivity contribution < 1.29 is 14.6 Å². The molecule has 1 aromatic carbocycles. The van der Waals surface area contributed by atoms with Crippen molar-refractivity contribution in [3.63, 3.8) is 0 Å². The molecule has 0 unspecified atom stereocenters. The monoisotopic (exact) mass is 229 g/mol. The lowest BCUT2D eigenvalue weighted by Crippen LogP contribution is -2.10. The highest BCUT2D eigenvalue weighted by Crippen LogP contribution is 2.29. The minimum atomic E-state index is -1.09. The molecular formula is C10H12ClNO3. The zero-order valence-corrected chi connectivity index (χ0v) is 9.21. The molecule has 0 radical (unpaired) electrons. The first-order chi connectivity index (χ1) is 6.91. The van der Waals surface area contributed by atoms with Gasteiger partial charge in [-0.25, -0.2) is 4.79 Å². The normalized spacial score (nSPS) is 10.4. The van der Waals surface area contributed by atoms with Gasteiger partial charge in [-0.15, -0.1) is 0 Å². The minimum absolute atomic E-state index is 0.0166. The van der Waals surface area contributed by atoms with Gasteiger partial charge in [0.05, 0.1) is 16.8 Å². The molecule has 0 atom stereocenters. The van der Waals surface area contributed by atoms with Gasteiger partial charge in [0.2, 0.25) is 0 Å². The Morgan fingerprint density at radius 3 is 2.60 bits per heavy atom. The van der Waals surface area contributed by atoms with Gasteiger partial charge in [-0.3, -0.25) is 0 Å². The van der Waals surface area contributed by atoms with Gasteiger partial charge in [0.15, 0.2) is 0 Å². The van der Waals surface area contributed by atoms with Gasteiger partial charge in [-0.1, -0.05) is 11.6 Å². The number of ether oxygens (including phenoxy) is 1. The molecule has 1 aromatic rings. The van der Waals surface area contributed by atoms with E-state index in [4.69, 9.17) is 27.2 Å². The Morgan fingerprint density at radius 2 is 2.13 bits per heavy atom. The maximum atomic E-state index is 10.9. The summed E-state index contributed by atoms with van der Waals surface area (Å²) in [6.45, 7) is 3.60. The summed E-state index contributed by atoms with van der Waals surface area (Å²) in [6, 6.07) is 2.71. The maximum Gasteiger partial charge on any atom is 0.339 e. The molecule has 0 aliphatic carbocycles. The van der Waals surface area contributed by atoms with E-state index in [2.05, 4.69) is 0 Å². The van der Waals surface area contributed by atoms with Crippen molar-refractivity contribution in [3.8, 4) is 5.75 Å². The molecule has 1 rings (SSSR count). The third kappa shape index (κ3) is 2.76. The largest absolute Gasteiger partial charge is 0.490 e. The van der Waals surface area contributed by atoms with Crippen molar-refractivity contribution in [2.75, 3.05) is 5.73 Å². The number of carboxylic acids is 1. The first kappa shape index (κ1) is 11.7. The maximum absolute atomic E-state index is 10.9. The lowest BCUT2D eigenvalue weighted by molar-refractivity contribution is 0.0690. The molecule has 0 bridgehead atoms. The molecule has 0 saturated heterocycles. The third-order valence-electron chi connectivity index (χ3n) is 1.69. The van der Waals surface area contributed by atoms with E-state index in [1.54, 1.807) is 13.8 Å². The topological polar surface area (TPSA) is 72.5 Å². The van der Waals surface area contributed by atoms with Crippen molar-refractivity contribution in [2.24, 2.45) is 0 Å². The molecule has 82 valence electrons. The molecule has 3 N–H and O–H groups in total. The quantitative estimate of drug-likeness (QED) is 0.781. The fraction of sp³-hybridized carbons (Fsp3) is 0.300. The predicted octanol–water partition coefficient (Wildman–Crippen LogP) is 2.41. The van der Waals surface area contributed by atoms with E-state index in [0.717, 1.165) is 0 Å². The van der Waals surface area contributed by atoms with E-state index < -0.39 is 5.97 Å². The number of nitrogens with two attached hydrogens (primary N) is 1. The number of rotatable bonds is 3. The summed E-state index contributed by atoms with van der Waals surface area (Å²) in [6.07, 6.45) is -0.122. The van der Waals surface area contributed by atoms with E-state index in [0.29, 0.717) is 5.69 Å². The van der Waals surface area contributed by atoms with Crippen LogP contribution >= 0.6 is 11.6 Å². The van der Waals surface area contributed by atoms with Crippen molar-refractivity contribution in [1.82, 2.24) is 0 Å². The van der Waals surface area contributed by atoms with Crippen LogP contribution in [-0.4, -0.2) is 17.2 Å². The van der Waals surface area contributed by atoms with Crippen LogP contribution in [0.3, 0.4) is 0 Å². The van der Waals surface area contributed by atoms with Gasteiger partial charge in [0.25, 0.3) is 0 Å². The Balaban J connectivity index is 3.22. The highest BCUT2D eigenvalue weighted by molar-refractivity contribution is 6.33. The number of nitrogen functional groups attached to an aromatic ring is 1. The second-order valence-electron chi connectivity index (χ2n) is 3.34. The van der Waals surface area contributed by atoms with Crippen LogP contribution < -0.4 is 10.5 Å². The number of carboxylic acid groups (broad SMARTS) is 1. The van der Waals surface area contributed by atoms with Crippen LogP contribution in [0.25, 0.3) is 0 Å². The van der Waals surface area contributed by atoms with Gasteiger partial charge in [-0.2, -0.15) is 0 Å². The van der Waals surface area contributed by atoms with Crippen LogP contribution in [0.15, 0.2) is 12.1 Å². The highest BCUT2D eigenvalue weighted by Gasteiger charge is 2.15. The third-order valence-corrected chi connectivity index (χ3v) is 2.02. The van der Waals surface area contributed by atoms with Gasteiger partial charge in [0, 0.05) is 6.07 Å². The number of hydrogen-bond acceptors (Lipinski definition) is 3. The average Bonchev–Trinajstić information content (AvgIpc) is 2.09. The molecule has 4 nitrogen and oxygen atoms in total. The second-order valence-corrected chi connectivity index (χ2v) is 3.75. The molecule has 0 saturated carbocycles. The number of halogens is 1. The lowest BCUT2D eigenvalue weighted by atomic mass is 10.2. The van der Waals surface area contributed by atoms with Crippen LogP contribution in [0.2, 0.25) is 5.02 Å². The summed E-state index contributed by atoms with van der Waals surface area (Å²) < 4.78 is 5.32. The first-order valence-electron chi connectivity index (χ1n) is 4.40. The van der Waals surface area contributed by atoms with Gasteiger partial charge >= 0.3 is 5.97 Å². The molecule has 0 aliphatic heterocycles. The smallest absolute Gasteiger partial charge is 0.339 e. The van der Waals surface area contributed by atoms with E-state index in [1.807, 2.05) is 0 Å². The molecule has 5 heteroatoms. The SMILES string of the molecule is CC(C)Oc1cc(N)c(Cl)cc1C(=O)O. The minimum Gasteiger partial charge on any atom is -0.490 e. The van der Waals surface area contributed by atoms with Crippen molar-refractivity contribution in [2.45, 2.75) is 20.0 Å². The Bertz CT molecular complexity index is 390. The zero-order chi connectivity index (χ0) is 11.6. The summed E-state index contributed by atoms with van der Waals surface area (Å²) >= 11 is 5.72. The Kier molecular flexibility index (Phi) is 3.42. The van der Waals surface area contributed by atoms with E-state index in [9.17, 15) is 4.79 Å². The number of carbonyl (C=O) groups is 1. The summed E-state index contributed by atoms with van der Waals surface area (Å²) in [5, 5.41) is 9.13. The number of hydrogen-bond donors (Lipinski definition) is 2. The summed E-state index contributed by atoms with van der Waals surface area (Å²) in [4.78, 5) is 10.9. The lowest BCUT2D eigenvalue weighted by Gasteiger charge is -2.13. The molecule has 0 spiro atoms. The Morgan fingerprint density at radius 1 is 1.53 bits per heavy atom. The molecule has 0 fully saturated rings. The van der Waals surface area contributed by atoms with Crippen molar-refractivity contribution in [3.05, 3.63) is 22.7 Å². The standard InChI is InChI=1S/C10H12ClNO3/c1-5(2)15-9-4-8(12)7(11)3-6(9)10(13)14/h3-5H,12H2,1-2H3,(H,13,14). The van der Waals surface area contributed by atoms with Crippen LogP contribution in [0, 0.1) is 0 Å². The molecule has 0 aliphatic rings. The molecule has 0 amide bonds. The van der Waals surface area contributed by atoms with Gasteiger partial charge in [-0.05, 0) is 19.9 Å². The fourth-order valence-electron chi connectivity index (χ4n) is 1.09. The molecule has 0 heterocycles. The van der Waals surface area contributed by atoms with Gasteiger partial charge < -0.3 is 15.6 Å². The number of aromatic carboxylic acids is 1. The molecular weight excluding hydrogens is 218 g/mol. The fourth-order valence-corrected chi connectivity index (χ4v) is 1.25. The van der Waals surface area contributed by atoms with Crippen molar-refractivity contribution >= 4 is 23.3 Å². The van der Waals surface area contributed by atoms with Gasteiger partial charge in [0.1, 0.15) is 11.3 Å². The van der Waals surface area contributed by atoms with E-state index >= 15 is 0 Å². The second kappa shape index (κ2) is 4.40. The summed E-state index contributed by atoms with van der Waals surface area (Å²) in [5.41, 5.74) is 5.88. The van der Waals surface area contributed by atoms with Crippen LogP contribution in [0.4, 0.5) is 5.69 Å². The number of benzene rings is 1. The summed E-state index contributed by atoms with van der Waals surface area (Å²) in [7, 11) is 0. The number of anilines is 1. The predicted molar refractivity (Wildman–Crippen MR) is 58.6 cm³/mol. The van der Waals surface area contributed by atoms with Crippen molar-refractivity contribution in [1.29, 1.82) is 0 Å². The van der Waals surface area contributed by atoms with Crippen LogP contribution in [-0.2, 0) is 0 Å². The first-order valence-corrected chi connectivity index (χ1v) is 4.78. The molecule has 15 heavy (non-hydrogen) atoms. The van der Waals surface area contributed by atoms with E-state index in [-0.39, 0.29) is 22.4 Å². The highest BCUT2D eigenvalue weighted by atomic mass is 35.5. The Hall–Kier alpha value is -1.42. The average molecular weight is 230 g/mol.